The van der Waals surface area contributed by atoms with Crippen LogP contribution in [-0.4, -0.2) is 9.13 Å². The fraction of sp³-hybridized carbons (Fsp3) is 0.588. The van der Waals surface area contributed by atoms with Crippen molar-refractivity contribution in [3.63, 3.8) is 0 Å². The van der Waals surface area contributed by atoms with E-state index in [-0.39, 0.29) is 11.1 Å². The Bertz CT molecular complexity index is 657. The summed E-state index contributed by atoms with van der Waals surface area (Å²) in [5.74, 6) is 0. The summed E-state index contributed by atoms with van der Waals surface area (Å²) >= 11 is 6.52. The van der Waals surface area contributed by atoms with Crippen molar-refractivity contribution in [1.29, 1.82) is 0 Å². The van der Waals surface area contributed by atoms with E-state index < -0.39 is 0 Å². The normalized spacial score (nSPS) is 13.0. The number of benzene rings is 1. The van der Waals surface area contributed by atoms with E-state index in [0.29, 0.717) is 0 Å². The first-order chi connectivity index (χ1) is 10.1. The van der Waals surface area contributed by atoms with Crippen molar-refractivity contribution < 1.29 is 0 Å². The zero-order valence-corrected chi connectivity index (χ0v) is 14.0. The third kappa shape index (κ3) is 3.52. The Hall–Kier alpha value is -1.22. The number of unbranched alkanes of at least 4 members (excludes halogenated alkanes) is 4. The summed E-state index contributed by atoms with van der Waals surface area (Å²) in [4.78, 5) is 11.9. The molecule has 3 nitrogen and oxygen atoms in total. The van der Waals surface area contributed by atoms with Gasteiger partial charge >= 0.3 is 5.69 Å². The summed E-state index contributed by atoms with van der Waals surface area (Å²) in [7, 11) is 3.61. The van der Waals surface area contributed by atoms with E-state index in [4.69, 9.17) is 11.6 Å². The molecule has 0 amide bonds. The summed E-state index contributed by atoms with van der Waals surface area (Å²) in [6.07, 6.45) is 7.29. The lowest BCUT2D eigenvalue weighted by Crippen LogP contribution is -2.19. The van der Waals surface area contributed by atoms with Crippen molar-refractivity contribution in [1.82, 2.24) is 9.13 Å². The largest absolute Gasteiger partial charge is 0.328 e. The van der Waals surface area contributed by atoms with Crippen molar-refractivity contribution >= 4 is 22.6 Å². The van der Waals surface area contributed by atoms with Crippen molar-refractivity contribution in [3.05, 3.63) is 34.2 Å². The number of nitrogens with zero attached hydrogens (tertiary/aromatic N) is 2. The van der Waals surface area contributed by atoms with E-state index in [2.05, 4.69) is 13.0 Å². The van der Waals surface area contributed by atoms with Crippen LogP contribution in [0.4, 0.5) is 0 Å². The Morgan fingerprint density at radius 1 is 1.05 bits per heavy atom. The lowest BCUT2D eigenvalue weighted by molar-refractivity contribution is 0.601. The van der Waals surface area contributed by atoms with Crippen LogP contribution in [0.25, 0.3) is 11.0 Å². The molecule has 116 valence electrons. The highest BCUT2D eigenvalue weighted by molar-refractivity contribution is 6.20. The van der Waals surface area contributed by atoms with Gasteiger partial charge < -0.3 is 0 Å². The van der Waals surface area contributed by atoms with Crippen LogP contribution >= 0.6 is 11.6 Å². The zero-order valence-electron chi connectivity index (χ0n) is 13.2. The Labute approximate surface area is 131 Å². The van der Waals surface area contributed by atoms with Gasteiger partial charge in [0.05, 0.1) is 16.4 Å². The summed E-state index contributed by atoms with van der Waals surface area (Å²) < 4.78 is 3.36. The molecule has 0 spiro atoms. The number of aromatic nitrogens is 2. The third-order valence-corrected chi connectivity index (χ3v) is 4.69. The van der Waals surface area contributed by atoms with Crippen LogP contribution in [-0.2, 0) is 14.1 Å². The lowest BCUT2D eigenvalue weighted by Gasteiger charge is -2.10. The lowest BCUT2D eigenvalue weighted by atomic mass is 10.0. The second kappa shape index (κ2) is 7.17. The van der Waals surface area contributed by atoms with Gasteiger partial charge in [-0.25, -0.2) is 4.79 Å². The van der Waals surface area contributed by atoms with Crippen molar-refractivity contribution in [3.8, 4) is 0 Å². The van der Waals surface area contributed by atoms with Gasteiger partial charge in [0.2, 0.25) is 0 Å². The van der Waals surface area contributed by atoms with Gasteiger partial charge in [0.25, 0.3) is 0 Å². The fourth-order valence-electron chi connectivity index (χ4n) is 2.81. The molecule has 1 aromatic carbocycles. The molecule has 0 aliphatic carbocycles. The van der Waals surface area contributed by atoms with Gasteiger partial charge in [0.15, 0.2) is 0 Å². The van der Waals surface area contributed by atoms with Crippen LogP contribution in [0.3, 0.4) is 0 Å². The molecule has 0 radical (unpaired) electrons. The van der Waals surface area contributed by atoms with Crippen LogP contribution in [0, 0.1) is 0 Å². The number of halogens is 1. The molecule has 0 saturated carbocycles. The molecule has 0 N–H and O–H groups in total. The summed E-state index contributed by atoms with van der Waals surface area (Å²) in [6.45, 7) is 2.23. The second-order valence-corrected chi connectivity index (χ2v) is 6.35. The van der Waals surface area contributed by atoms with Gasteiger partial charge in [-0.3, -0.25) is 9.13 Å². The second-order valence-electron chi connectivity index (χ2n) is 5.82. The molecule has 1 atom stereocenters. The maximum Gasteiger partial charge on any atom is 0.328 e. The fourth-order valence-corrected chi connectivity index (χ4v) is 3.10. The Kier molecular flexibility index (Phi) is 5.51. The minimum absolute atomic E-state index is 0.00726. The highest BCUT2D eigenvalue weighted by Crippen LogP contribution is 2.29. The van der Waals surface area contributed by atoms with E-state index in [9.17, 15) is 4.79 Å². The van der Waals surface area contributed by atoms with Crippen LogP contribution in [0.5, 0.6) is 0 Å². The predicted molar refractivity (Wildman–Crippen MR) is 90.1 cm³/mol. The Morgan fingerprint density at radius 3 is 2.43 bits per heavy atom. The smallest absolute Gasteiger partial charge is 0.295 e. The summed E-state index contributed by atoms with van der Waals surface area (Å²) in [5, 5.41) is 0.0336. The van der Waals surface area contributed by atoms with E-state index in [1.807, 2.05) is 19.2 Å². The molecule has 0 bridgehead atoms. The first-order valence-corrected chi connectivity index (χ1v) is 8.29. The van der Waals surface area contributed by atoms with Gasteiger partial charge in [-0.1, -0.05) is 45.1 Å². The van der Waals surface area contributed by atoms with Crippen molar-refractivity contribution in [2.75, 3.05) is 0 Å². The molecule has 2 rings (SSSR count). The Balaban J connectivity index is 2.08. The first-order valence-electron chi connectivity index (χ1n) is 7.85. The number of alkyl halides is 1. The molecular weight excluding hydrogens is 284 g/mol. The zero-order chi connectivity index (χ0) is 15.4. The number of rotatable bonds is 7. The van der Waals surface area contributed by atoms with Crippen molar-refractivity contribution in [2.24, 2.45) is 14.1 Å². The minimum atomic E-state index is 0.00726. The van der Waals surface area contributed by atoms with E-state index in [1.54, 1.807) is 16.2 Å². The van der Waals surface area contributed by atoms with Gasteiger partial charge in [-0.15, -0.1) is 11.6 Å². The van der Waals surface area contributed by atoms with E-state index in [0.717, 1.165) is 23.0 Å². The number of fused-ring (bicyclic) bond motifs is 1. The van der Waals surface area contributed by atoms with E-state index in [1.165, 1.54) is 32.1 Å². The SMILES string of the molecule is CCCCCCCC(Cl)c1ccc2c(c1)n(C)c(=O)n2C. The predicted octanol–water partition coefficient (Wildman–Crippen LogP) is 4.52. The van der Waals surface area contributed by atoms with Crippen molar-refractivity contribution in [2.45, 2.75) is 50.8 Å². The van der Waals surface area contributed by atoms with Gasteiger partial charge in [0.1, 0.15) is 0 Å². The molecular formula is C17H25ClN2O. The average molecular weight is 309 g/mol. The summed E-state index contributed by atoms with van der Waals surface area (Å²) in [6, 6.07) is 6.10. The van der Waals surface area contributed by atoms with Crippen LogP contribution in [0.2, 0.25) is 0 Å². The number of aryl methyl sites for hydroxylation is 2. The molecule has 0 aliphatic heterocycles. The number of imidazole rings is 1. The number of hydrogen-bond acceptors (Lipinski definition) is 1. The average Bonchev–Trinajstić information content (AvgIpc) is 2.71. The first kappa shape index (κ1) is 16.2. The highest BCUT2D eigenvalue weighted by Gasteiger charge is 2.12. The number of hydrogen-bond donors (Lipinski definition) is 0. The van der Waals surface area contributed by atoms with Crippen LogP contribution < -0.4 is 5.69 Å². The van der Waals surface area contributed by atoms with E-state index >= 15 is 0 Å². The molecule has 21 heavy (non-hydrogen) atoms. The molecule has 0 fully saturated rings. The molecule has 1 unspecified atom stereocenters. The third-order valence-electron chi connectivity index (χ3n) is 4.22. The van der Waals surface area contributed by atoms with Gasteiger partial charge in [0, 0.05) is 14.1 Å². The van der Waals surface area contributed by atoms with Gasteiger partial charge in [-0.2, -0.15) is 0 Å². The molecule has 4 heteroatoms. The quantitative estimate of drug-likeness (QED) is 0.546. The van der Waals surface area contributed by atoms with Gasteiger partial charge in [-0.05, 0) is 24.1 Å². The maximum atomic E-state index is 11.9. The minimum Gasteiger partial charge on any atom is -0.295 e. The monoisotopic (exact) mass is 308 g/mol. The maximum absolute atomic E-state index is 11.9. The Morgan fingerprint density at radius 2 is 1.71 bits per heavy atom. The molecule has 0 aliphatic rings. The molecule has 0 saturated heterocycles. The molecule has 1 heterocycles. The molecule has 1 aromatic heterocycles. The van der Waals surface area contributed by atoms with Crippen LogP contribution in [0.1, 0.15) is 56.4 Å². The highest BCUT2D eigenvalue weighted by atomic mass is 35.5. The standard InChI is InChI=1S/C17H25ClN2O/c1-4-5-6-7-8-9-14(18)13-10-11-15-16(12-13)20(3)17(21)19(15)2/h10-12,14H,4-9H2,1-3H3. The summed E-state index contributed by atoms with van der Waals surface area (Å²) in [5.41, 5.74) is 3.03. The molecule has 2 aromatic rings. The van der Waals surface area contributed by atoms with Crippen LogP contribution in [0.15, 0.2) is 23.0 Å². The topological polar surface area (TPSA) is 26.9 Å².